The summed E-state index contributed by atoms with van der Waals surface area (Å²) in [7, 11) is 0. The maximum atomic E-state index is 9.14. The zero-order valence-electron chi connectivity index (χ0n) is 4.79. The highest BCUT2D eigenvalue weighted by molar-refractivity contribution is 5.06. The van der Waals surface area contributed by atoms with Gasteiger partial charge in [0.05, 0.1) is 18.8 Å². The summed E-state index contributed by atoms with van der Waals surface area (Å²) in [5, 5.41) is 9.14. The molecule has 2 nitrogen and oxygen atoms in total. The van der Waals surface area contributed by atoms with Gasteiger partial charge in [-0.25, -0.2) is 0 Å². The molecule has 0 spiro atoms. The number of hydrogen-bond donors (Lipinski definition) is 1. The van der Waals surface area contributed by atoms with Crippen LogP contribution in [0.4, 0.5) is 0 Å². The number of hydrogen-bond acceptors (Lipinski definition) is 2. The normalized spacial score (nSPS) is 39.8. The molecule has 1 heterocycles. The molecule has 0 amide bonds. The van der Waals surface area contributed by atoms with Gasteiger partial charge in [0.2, 0.25) is 0 Å². The Kier molecular flexibility index (Phi) is 1.54. The molecule has 0 aromatic rings. The van der Waals surface area contributed by atoms with E-state index in [0.29, 0.717) is 6.61 Å². The third kappa shape index (κ3) is 1.46. The van der Waals surface area contributed by atoms with Crippen LogP contribution in [0.25, 0.3) is 0 Å². The first kappa shape index (κ1) is 6.05. The molecule has 1 saturated heterocycles. The second-order valence-corrected chi connectivity index (χ2v) is 2.16. The van der Waals surface area contributed by atoms with Crippen molar-refractivity contribution < 1.29 is 9.84 Å². The molecule has 0 aromatic carbocycles. The summed E-state index contributed by atoms with van der Waals surface area (Å²) in [6, 6.07) is 0. The Balaban J connectivity index is 2.33. The van der Waals surface area contributed by atoms with Gasteiger partial charge in [-0.15, -0.1) is 0 Å². The summed E-state index contributed by atoms with van der Waals surface area (Å²) in [6.07, 6.45) is 3.40. The van der Waals surface area contributed by atoms with Crippen molar-refractivity contribution in [2.75, 3.05) is 6.61 Å². The second kappa shape index (κ2) is 2.03. The Labute approximate surface area is 49.5 Å². The van der Waals surface area contributed by atoms with E-state index in [1.54, 1.807) is 26.4 Å². The predicted octanol–water partition coefficient (Wildman–Crippen LogP) is 0.338. The van der Waals surface area contributed by atoms with Crippen molar-refractivity contribution in [3.05, 3.63) is 19.4 Å². The first-order chi connectivity index (χ1) is 3.71. The van der Waals surface area contributed by atoms with Crippen molar-refractivity contribution in [3.63, 3.8) is 0 Å². The summed E-state index contributed by atoms with van der Waals surface area (Å²) in [5.74, 6) is 0. The first-order valence-corrected chi connectivity index (χ1v) is 2.56. The quantitative estimate of drug-likeness (QED) is 0.490. The summed E-state index contributed by atoms with van der Waals surface area (Å²) in [4.78, 5) is 0. The van der Waals surface area contributed by atoms with Gasteiger partial charge >= 0.3 is 0 Å². The average Bonchev–Trinajstić information content (AvgIpc) is 1.65. The molecule has 1 aliphatic heterocycles. The van der Waals surface area contributed by atoms with E-state index in [2.05, 4.69) is 0 Å². The Morgan fingerprint density at radius 3 is 2.75 bits per heavy atom. The van der Waals surface area contributed by atoms with Crippen LogP contribution >= 0.6 is 0 Å². The summed E-state index contributed by atoms with van der Waals surface area (Å²) >= 11 is 0. The molecule has 0 bridgehead atoms. The van der Waals surface area contributed by atoms with Gasteiger partial charge in [-0.05, 0) is 13.3 Å². The minimum atomic E-state index is -0.755. The highest BCUT2D eigenvalue weighted by Crippen LogP contribution is 2.17. The molecule has 0 aliphatic carbocycles. The zero-order valence-corrected chi connectivity index (χ0v) is 4.79. The van der Waals surface area contributed by atoms with E-state index < -0.39 is 5.60 Å². The maximum Gasteiger partial charge on any atom is 0.0887 e. The zero-order chi connectivity index (χ0) is 6.04. The summed E-state index contributed by atoms with van der Waals surface area (Å²) in [5.41, 5.74) is -0.755. The smallest absolute Gasteiger partial charge is 0.0887 e. The largest absolute Gasteiger partial charge is 0.387 e. The lowest BCUT2D eigenvalue weighted by atomic mass is 10.00. The highest BCUT2D eigenvalue weighted by atomic mass is 16.5. The van der Waals surface area contributed by atoms with E-state index in [0.717, 1.165) is 0 Å². The first-order valence-electron chi connectivity index (χ1n) is 2.56. The maximum absolute atomic E-state index is 9.14. The molecule has 45 valence electrons. The van der Waals surface area contributed by atoms with E-state index in [4.69, 9.17) is 9.84 Å². The fourth-order valence-electron chi connectivity index (χ4n) is 0.567. The van der Waals surface area contributed by atoms with E-state index in [1.165, 1.54) is 0 Å². The molecular formula is C6H9O2. The number of aliphatic hydroxyl groups is 1. The van der Waals surface area contributed by atoms with Gasteiger partial charge in [0.25, 0.3) is 0 Å². The van der Waals surface area contributed by atoms with Crippen molar-refractivity contribution >= 4 is 0 Å². The van der Waals surface area contributed by atoms with Crippen LogP contribution in [0.5, 0.6) is 0 Å². The molecule has 2 heteroatoms. The third-order valence-electron chi connectivity index (χ3n) is 1.01. The monoisotopic (exact) mass is 113 g/mol. The van der Waals surface area contributed by atoms with Crippen LogP contribution < -0.4 is 0 Å². The van der Waals surface area contributed by atoms with Crippen molar-refractivity contribution in [2.45, 2.75) is 12.5 Å². The van der Waals surface area contributed by atoms with Gasteiger partial charge in [0, 0.05) is 6.42 Å². The standard InChI is InChI=1S/C6H9O2/c1-6(7)3-2-4-8-5-6/h2-4,7H,5H2,1H3. The minimum absolute atomic E-state index is 0.365. The Bertz CT molecular complexity index is 70.6. The highest BCUT2D eigenvalue weighted by Gasteiger charge is 2.24. The Morgan fingerprint density at radius 2 is 2.50 bits per heavy atom. The van der Waals surface area contributed by atoms with Crippen LogP contribution in [0.2, 0.25) is 0 Å². The van der Waals surface area contributed by atoms with Gasteiger partial charge in [-0.1, -0.05) is 0 Å². The van der Waals surface area contributed by atoms with Crippen LogP contribution in [-0.4, -0.2) is 17.3 Å². The second-order valence-electron chi connectivity index (χ2n) is 2.16. The fraction of sp³-hybridized carbons (Fsp3) is 0.500. The van der Waals surface area contributed by atoms with E-state index in [-0.39, 0.29) is 0 Å². The number of ether oxygens (including phenoxy) is 1. The molecule has 1 aliphatic rings. The molecule has 8 heavy (non-hydrogen) atoms. The van der Waals surface area contributed by atoms with E-state index in [9.17, 15) is 0 Å². The van der Waals surface area contributed by atoms with Crippen molar-refractivity contribution in [2.24, 2.45) is 0 Å². The van der Waals surface area contributed by atoms with E-state index in [1.807, 2.05) is 0 Å². The number of rotatable bonds is 0. The molecule has 1 unspecified atom stereocenters. The SMILES string of the molecule is CC1(O)[CH][CH][CH]OC1. The molecular weight excluding hydrogens is 104 g/mol. The van der Waals surface area contributed by atoms with Crippen molar-refractivity contribution in [1.29, 1.82) is 0 Å². The average molecular weight is 113 g/mol. The third-order valence-corrected chi connectivity index (χ3v) is 1.01. The van der Waals surface area contributed by atoms with Crippen molar-refractivity contribution in [1.82, 2.24) is 0 Å². The van der Waals surface area contributed by atoms with Crippen molar-refractivity contribution in [3.8, 4) is 0 Å². The van der Waals surface area contributed by atoms with Crippen LogP contribution in [0, 0.1) is 19.4 Å². The summed E-state index contributed by atoms with van der Waals surface area (Å²) < 4.78 is 4.82. The lowest BCUT2D eigenvalue weighted by Crippen LogP contribution is -2.34. The topological polar surface area (TPSA) is 29.5 Å². The molecule has 0 saturated carbocycles. The van der Waals surface area contributed by atoms with Crippen LogP contribution in [0.3, 0.4) is 0 Å². The Hall–Kier alpha value is -0.0800. The van der Waals surface area contributed by atoms with Gasteiger partial charge < -0.3 is 9.84 Å². The van der Waals surface area contributed by atoms with Crippen LogP contribution in [0.15, 0.2) is 0 Å². The molecule has 0 aromatic heterocycles. The minimum Gasteiger partial charge on any atom is -0.387 e. The predicted molar refractivity (Wildman–Crippen MR) is 29.5 cm³/mol. The molecule has 1 fully saturated rings. The molecule has 1 atom stereocenters. The molecule has 3 radical (unpaired) electrons. The molecule has 1 N–H and O–H groups in total. The van der Waals surface area contributed by atoms with Crippen LogP contribution in [-0.2, 0) is 4.74 Å². The lowest BCUT2D eigenvalue weighted by Gasteiger charge is -2.26. The van der Waals surface area contributed by atoms with Gasteiger partial charge in [-0.2, -0.15) is 0 Å². The van der Waals surface area contributed by atoms with Gasteiger partial charge in [0.15, 0.2) is 0 Å². The molecule has 1 rings (SSSR count). The van der Waals surface area contributed by atoms with Crippen LogP contribution in [0.1, 0.15) is 6.92 Å². The Morgan fingerprint density at radius 1 is 1.75 bits per heavy atom. The van der Waals surface area contributed by atoms with E-state index >= 15 is 0 Å². The lowest BCUT2D eigenvalue weighted by molar-refractivity contribution is -0.00191. The van der Waals surface area contributed by atoms with Gasteiger partial charge in [-0.3, -0.25) is 0 Å². The van der Waals surface area contributed by atoms with Gasteiger partial charge in [0.1, 0.15) is 0 Å². The fourth-order valence-corrected chi connectivity index (χ4v) is 0.567. The summed E-state index contributed by atoms with van der Waals surface area (Å²) in [6.45, 7) is 3.64.